The summed E-state index contributed by atoms with van der Waals surface area (Å²) in [6.45, 7) is 4.17. The molecule has 0 amide bonds. The molecule has 5 nitrogen and oxygen atoms in total. The van der Waals surface area contributed by atoms with Crippen LogP contribution in [-0.4, -0.2) is 14.5 Å². The van der Waals surface area contributed by atoms with Crippen molar-refractivity contribution < 1.29 is 13.2 Å². The summed E-state index contributed by atoms with van der Waals surface area (Å²) in [7, 11) is -3.78. The van der Waals surface area contributed by atoms with Crippen molar-refractivity contribution >= 4 is 15.7 Å². The lowest BCUT2D eigenvalue weighted by Crippen LogP contribution is -2.15. The first-order valence-corrected chi connectivity index (χ1v) is 8.48. The second kappa shape index (κ2) is 7.50. The van der Waals surface area contributed by atoms with Gasteiger partial charge in [-0.2, -0.15) is 0 Å². The van der Waals surface area contributed by atoms with Crippen LogP contribution in [0.2, 0.25) is 0 Å². The normalized spacial score (nSPS) is 13.2. The predicted octanol–water partition coefficient (Wildman–Crippen LogP) is 2.65. The van der Waals surface area contributed by atoms with Crippen LogP contribution in [0.25, 0.3) is 0 Å². The Kier molecular flexibility index (Phi) is 6.29. The monoisotopic (exact) mass is 300 g/mol. The Balaban J connectivity index is 2.59. The maximum Gasteiger partial charge on any atom is 0.240 e. The van der Waals surface area contributed by atoms with Crippen LogP contribution < -0.4 is 15.6 Å². The average Bonchev–Trinajstić information content (AvgIpc) is 2.33. The lowest BCUT2D eigenvalue weighted by atomic mass is 10.1. The van der Waals surface area contributed by atoms with Crippen molar-refractivity contribution in [2.45, 2.75) is 57.0 Å². The fraction of sp³-hybridized carbons (Fsp3) is 0.571. The molecule has 114 valence electrons. The number of benzene rings is 1. The Labute approximate surface area is 121 Å². The van der Waals surface area contributed by atoms with Gasteiger partial charge in [-0.25, -0.2) is 13.6 Å². The minimum Gasteiger partial charge on any atom is -0.491 e. The van der Waals surface area contributed by atoms with E-state index in [2.05, 4.69) is 6.92 Å². The zero-order valence-corrected chi connectivity index (χ0v) is 12.9. The molecule has 0 aliphatic heterocycles. The van der Waals surface area contributed by atoms with Gasteiger partial charge in [0.2, 0.25) is 10.0 Å². The summed E-state index contributed by atoms with van der Waals surface area (Å²) >= 11 is 0. The van der Waals surface area contributed by atoms with Crippen LogP contribution in [0.3, 0.4) is 0 Å². The van der Waals surface area contributed by atoms with E-state index in [1.54, 1.807) is 6.07 Å². The van der Waals surface area contributed by atoms with Crippen LogP contribution in [-0.2, 0) is 10.0 Å². The summed E-state index contributed by atoms with van der Waals surface area (Å²) < 4.78 is 28.2. The molecular weight excluding hydrogens is 276 g/mol. The van der Waals surface area contributed by atoms with E-state index in [1.807, 2.05) is 6.92 Å². The van der Waals surface area contributed by atoms with Crippen molar-refractivity contribution in [2.24, 2.45) is 5.14 Å². The number of sulfonamides is 1. The molecule has 1 aromatic carbocycles. The quantitative estimate of drug-likeness (QED) is 0.570. The van der Waals surface area contributed by atoms with Crippen molar-refractivity contribution in [2.75, 3.05) is 5.73 Å². The third kappa shape index (κ3) is 5.38. The third-order valence-corrected chi connectivity index (χ3v) is 4.07. The highest BCUT2D eigenvalue weighted by Crippen LogP contribution is 2.24. The van der Waals surface area contributed by atoms with Crippen LogP contribution in [0, 0.1) is 0 Å². The van der Waals surface area contributed by atoms with Gasteiger partial charge in [0, 0.05) is 6.07 Å². The second-order valence-electron chi connectivity index (χ2n) is 5.02. The summed E-state index contributed by atoms with van der Waals surface area (Å²) in [4.78, 5) is -0.0690. The Hall–Kier alpha value is -1.27. The minimum absolute atomic E-state index is 0.0690. The largest absolute Gasteiger partial charge is 0.491 e. The first-order valence-electron chi connectivity index (χ1n) is 6.93. The fourth-order valence-electron chi connectivity index (χ4n) is 2.01. The average molecular weight is 300 g/mol. The van der Waals surface area contributed by atoms with E-state index < -0.39 is 10.0 Å². The van der Waals surface area contributed by atoms with E-state index in [1.165, 1.54) is 31.4 Å². The molecule has 1 rings (SSSR count). The van der Waals surface area contributed by atoms with Gasteiger partial charge in [-0.15, -0.1) is 0 Å². The molecule has 0 saturated heterocycles. The van der Waals surface area contributed by atoms with Gasteiger partial charge in [-0.1, -0.05) is 26.2 Å². The van der Waals surface area contributed by atoms with Gasteiger partial charge in [0.25, 0.3) is 0 Å². The molecule has 0 fully saturated rings. The molecule has 0 saturated carbocycles. The van der Waals surface area contributed by atoms with Crippen molar-refractivity contribution in [3.8, 4) is 5.75 Å². The van der Waals surface area contributed by atoms with Crippen molar-refractivity contribution in [3.63, 3.8) is 0 Å². The van der Waals surface area contributed by atoms with Crippen molar-refractivity contribution in [3.05, 3.63) is 18.2 Å². The molecule has 1 unspecified atom stereocenters. The van der Waals surface area contributed by atoms with Gasteiger partial charge in [0.05, 0.1) is 11.8 Å². The summed E-state index contributed by atoms with van der Waals surface area (Å²) in [5.74, 6) is 0.567. The maximum atomic E-state index is 11.2. The summed E-state index contributed by atoms with van der Waals surface area (Å²) in [6.07, 6.45) is 5.82. The third-order valence-electron chi connectivity index (χ3n) is 3.09. The number of primary sulfonamides is 1. The number of nitrogen functional groups attached to an aromatic ring is 1. The van der Waals surface area contributed by atoms with Crippen LogP contribution in [0.4, 0.5) is 5.69 Å². The molecule has 0 spiro atoms. The van der Waals surface area contributed by atoms with Gasteiger partial charge in [0.1, 0.15) is 10.6 Å². The summed E-state index contributed by atoms with van der Waals surface area (Å²) in [5, 5.41) is 5.05. The van der Waals surface area contributed by atoms with Gasteiger partial charge < -0.3 is 10.5 Å². The highest BCUT2D eigenvalue weighted by Gasteiger charge is 2.13. The van der Waals surface area contributed by atoms with Gasteiger partial charge >= 0.3 is 0 Å². The molecule has 0 heterocycles. The second-order valence-corrected chi connectivity index (χ2v) is 6.55. The molecular formula is C14H24N2O3S. The maximum absolute atomic E-state index is 11.2. The van der Waals surface area contributed by atoms with Crippen LogP contribution >= 0.6 is 0 Å². The zero-order valence-electron chi connectivity index (χ0n) is 12.1. The predicted molar refractivity (Wildman–Crippen MR) is 81.1 cm³/mol. The molecule has 0 radical (unpaired) electrons. The topological polar surface area (TPSA) is 95.4 Å². The number of rotatable bonds is 8. The number of nitrogens with two attached hydrogens (primary N) is 2. The van der Waals surface area contributed by atoms with Gasteiger partial charge in [0.15, 0.2) is 0 Å². The van der Waals surface area contributed by atoms with E-state index >= 15 is 0 Å². The van der Waals surface area contributed by atoms with Gasteiger partial charge in [-0.05, 0) is 31.9 Å². The Morgan fingerprint density at radius 3 is 2.50 bits per heavy atom. The van der Waals surface area contributed by atoms with E-state index in [4.69, 9.17) is 15.6 Å². The Bertz CT molecular complexity index is 529. The molecule has 1 aromatic rings. The zero-order chi connectivity index (χ0) is 15.2. The van der Waals surface area contributed by atoms with Crippen LogP contribution in [0.5, 0.6) is 5.75 Å². The summed E-state index contributed by atoms with van der Waals surface area (Å²) in [6, 6.07) is 4.46. The van der Waals surface area contributed by atoms with Crippen LogP contribution in [0.1, 0.15) is 46.0 Å². The lowest BCUT2D eigenvalue weighted by Gasteiger charge is -2.15. The van der Waals surface area contributed by atoms with E-state index in [0.717, 1.165) is 12.8 Å². The highest BCUT2D eigenvalue weighted by molar-refractivity contribution is 7.89. The lowest BCUT2D eigenvalue weighted by molar-refractivity contribution is 0.206. The number of anilines is 1. The first-order chi connectivity index (χ1) is 9.34. The molecule has 0 aliphatic carbocycles. The Morgan fingerprint density at radius 2 is 1.95 bits per heavy atom. The number of ether oxygens (including phenoxy) is 1. The minimum atomic E-state index is -3.78. The standard InChI is InChI=1S/C14H24N2O3S/c1-3-4-5-6-7-11(2)19-12-8-9-14(13(15)10-12)20(16,17)18/h8-11H,3-7,15H2,1-2H3,(H2,16,17,18). The number of unbranched alkanes of at least 4 members (excludes halogenated alkanes) is 3. The molecule has 6 heteroatoms. The number of hydrogen-bond acceptors (Lipinski definition) is 4. The molecule has 0 aliphatic rings. The molecule has 4 N–H and O–H groups in total. The van der Waals surface area contributed by atoms with Crippen LogP contribution in [0.15, 0.2) is 23.1 Å². The highest BCUT2D eigenvalue weighted by atomic mass is 32.2. The summed E-state index contributed by atoms with van der Waals surface area (Å²) in [5.41, 5.74) is 5.80. The fourth-order valence-corrected chi connectivity index (χ4v) is 2.65. The molecule has 20 heavy (non-hydrogen) atoms. The van der Waals surface area contributed by atoms with Crippen molar-refractivity contribution in [1.29, 1.82) is 0 Å². The van der Waals surface area contributed by atoms with E-state index in [-0.39, 0.29) is 16.7 Å². The number of hydrogen-bond donors (Lipinski definition) is 2. The smallest absolute Gasteiger partial charge is 0.240 e. The molecule has 1 atom stereocenters. The molecule has 0 bridgehead atoms. The van der Waals surface area contributed by atoms with E-state index in [0.29, 0.717) is 5.75 Å². The SMILES string of the molecule is CCCCCCC(C)Oc1ccc(S(N)(=O)=O)c(N)c1. The Morgan fingerprint density at radius 1 is 1.25 bits per heavy atom. The van der Waals surface area contributed by atoms with Gasteiger partial charge in [-0.3, -0.25) is 0 Å². The first kappa shape index (κ1) is 16.8. The van der Waals surface area contributed by atoms with Crippen molar-refractivity contribution in [1.82, 2.24) is 0 Å². The van der Waals surface area contributed by atoms with E-state index in [9.17, 15) is 8.42 Å². The molecule has 0 aromatic heterocycles.